The van der Waals surface area contributed by atoms with Crippen LogP contribution in [-0.2, 0) is 17.9 Å². The maximum absolute atomic E-state index is 13.4. The van der Waals surface area contributed by atoms with Gasteiger partial charge in [0.25, 0.3) is 0 Å². The highest BCUT2D eigenvalue weighted by atomic mass is 19.4. The molecule has 5 rings (SSSR count). The Morgan fingerprint density at radius 3 is 2.67 bits per heavy atom. The number of benzene rings is 1. The summed E-state index contributed by atoms with van der Waals surface area (Å²) in [7, 11) is 1.61. The van der Waals surface area contributed by atoms with Crippen LogP contribution in [0.5, 0.6) is 0 Å². The molecule has 202 valence electrons. The van der Waals surface area contributed by atoms with E-state index in [1.165, 1.54) is 6.08 Å². The molecular formula is C29H29F3N6O. The average molecular weight is 535 g/mol. The molecule has 1 aliphatic heterocycles. The van der Waals surface area contributed by atoms with Crippen LogP contribution in [0.15, 0.2) is 60.9 Å². The van der Waals surface area contributed by atoms with Crippen LogP contribution in [0.4, 0.5) is 13.2 Å². The number of nitriles is 1. The number of rotatable bonds is 8. The number of carbonyl (C=O) groups is 1. The first-order chi connectivity index (χ1) is 18.7. The summed E-state index contributed by atoms with van der Waals surface area (Å²) in [5, 5.41) is 14.4. The fourth-order valence-electron chi connectivity index (χ4n) is 5.09. The fraction of sp³-hybridized carbons (Fsp3) is 0.379. The van der Waals surface area contributed by atoms with E-state index in [9.17, 15) is 23.2 Å². The lowest BCUT2D eigenvalue weighted by Crippen LogP contribution is -2.47. The Hall–Kier alpha value is -3.97. The van der Waals surface area contributed by atoms with E-state index in [1.54, 1.807) is 36.5 Å². The number of carbonyl (C=O) groups excluding carboxylic acids is 1. The third-order valence-corrected chi connectivity index (χ3v) is 7.28. The minimum atomic E-state index is -4.21. The Labute approximate surface area is 225 Å². The summed E-state index contributed by atoms with van der Waals surface area (Å²) in [5.41, 5.74) is 4.83. The minimum absolute atomic E-state index is 0.0129. The number of alkyl halides is 3. The van der Waals surface area contributed by atoms with E-state index in [4.69, 9.17) is 5.10 Å². The predicted molar refractivity (Wildman–Crippen MR) is 140 cm³/mol. The topological polar surface area (TPSA) is 78.1 Å². The molecule has 1 fully saturated rings. The van der Waals surface area contributed by atoms with Gasteiger partial charge in [-0.1, -0.05) is 18.2 Å². The van der Waals surface area contributed by atoms with Crippen LogP contribution < -0.4 is 0 Å². The zero-order valence-electron chi connectivity index (χ0n) is 21.6. The molecule has 3 aromatic rings. The van der Waals surface area contributed by atoms with E-state index in [2.05, 4.69) is 11.1 Å². The molecule has 39 heavy (non-hydrogen) atoms. The quantitative estimate of drug-likeness (QED) is 0.378. The molecule has 1 amide bonds. The first-order valence-electron chi connectivity index (χ1n) is 13.0. The number of fused-ring (bicyclic) bond motifs is 1. The maximum Gasteiger partial charge on any atom is 0.390 e. The molecule has 2 aromatic heterocycles. The molecule has 0 saturated heterocycles. The van der Waals surface area contributed by atoms with Crippen molar-refractivity contribution in [1.29, 1.82) is 5.26 Å². The number of hydrogen-bond acceptors (Lipinski definition) is 5. The molecular weight excluding hydrogens is 505 g/mol. The highest BCUT2D eigenvalue weighted by Gasteiger charge is 2.41. The zero-order valence-corrected chi connectivity index (χ0v) is 21.6. The van der Waals surface area contributed by atoms with Gasteiger partial charge in [0.05, 0.1) is 42.9 Å². The highest BCUT2D eigenvalue weighted by molar-refractivity contribution is 5.89. The number of likely N-dealkylation sites (N-methyl/N-ethyl adjacent to an activating group) is 1. The van der Waals surface area contributed by atoms with Crippen molar-refractivity contribution in [3.8, 4) is 28.5 Å². The van der Waals surface area contributed by atoms with Crippen molar-refractivity contribution in [2.45, 2.75) is 44.6 Å². The van der Waals surface area contributed by atoms with Crippen molar-refractivity contribution in [2.24, 2.45) is 5.92 Å². The maximum atomic E-state index is 13.4. The van der Waals surface area contributed by atoms with E-state index in [1.807, 2.05) is 39.9 Å². The second-order valence-electron chi connectivity index (χ2n) is 10.2. The monoisotopic (exact) mass is 534 g/mol. The third kappa shape index (κ3) is 6.20. The summed E-state index contributed by atoms with van der Waals surface area (Å²) in [6, 6.07) is 13.3. The van der Waals surface area contributed by atoms with Gasteiger partial charge in [-0.25, -0.2) is 0 Å². The highest BCUT2D eigenvalue weighted by Crippen LogP contribution is 2.42. The number of aromatic nitrogens is 3. The lowest BCUT2D eigenvalue weighted by Gasteiger charge is -2.36. The van der Waals surface area contributed by atoms with Gasteiger partial charge < -0.3 is 9.80 Å². The second-order valence-corrected chi connectivity index (χ2v) is 10.2. The molecule has 2 aliphatic rings. The van der Waals surface area contributed by atoms with E-state index >= 15 is 0 Å². The van der Waals surface area contributed by atoms with Gasteiger partial charge in [0.1, 0.15) is 5.69 Å². The lowest BCUT2D eigenvalue weighted by molar-refractivity contribution is -0.137. The first-order valence-corrected chi connectivity index (χ1v) is 13.0. The van der Waals surface area contributed by atoms with Crippen molar-refractivity contribution >= 4 is 5.91 Å². The molecule has 1 aromatic carbocycles. The second kappa shape index (κ2) is 11.0. The fourth-order valence-corrected chi connectivity index (χ4v) is 5.09. The van der Waals surface area contributed by atoms with Gasteiger partial charge >= 0.3 is 6.18 Å². The van der Waals surface area contributed by atoms with Crippen LogP contribution in [0.25, 0.3) is 22.4 Å². The molecule has 0 bridgehead atoms. The molecule has 3 heterocycles. The molecule has 7 nitrogen and oxygen atoms in total. The summed E-state index contributed by atoms with van der Waals surface area (Å²) in [5.74, 6) is 0.237. The van der Waals surface area contributed by atoms with Gasteiger partial charge in [-0.15, -0.1) is 0 Å². The van der Waals surface area contributed by atoms with E-state index in [0.29, 0.717) is 24.6 Å². The first kappa shape index (κ1) is 26.6. The van der Waals surface area contributed by atoms with E-state index in [0.717, 1.165) is 40.9 Å². The molecule has 10 heteroatoms. The summed E-state index contributed by atoms with van der Waals surface area (Å²) < 4.78 is 39.6. The van der Waals surface area contributed by atoms with Crippen molar-refractivity contribution < 1.29 is 18.0 Å². The SMILES string of the molecule is CN(C/C=C/C(=O)N1Cc2c(-c3ccncc3)c(-c3cccc(C#N)c3)nn2C[C@@H]1C1CC1)CCC(F)(F)F. The number of hydrogen-bond donors (Lipinski definition) is 0. The molecule has 1 saturated carbocycles. The van der Waals surface area contributed by atoms with Crippen LogP contribution in [-0.4, -0.2) is 62.8 Å². The summed E-state index contributed by atoms with van der Waals surface area (Å²) in [6.07, 6.45) is 3.54. The predicted octanol–water partition coefficient (Wildman–Crippen LogP) is 5.04. The molecule has 1 aliphatic carbocycles. The van der Waals surface area contributed by atoms with Gasteiger partial charge in [0.15, 0.2) is 0 Å². The summed E-state index contributed by atoms with van der Waals surface area (Å²) >= 11 is 0. The van der Waals surface area contributed by atoms with E-state index < -0.39 is 12.6 Å². The van der Waals surface area contributed by atoms with Gasteiger partial charge in [-0.05, 0) is 55.6 Å². The molecule has 0 unspecified atom stereocenters. The van der Waals surface area contributed by atoms with Crippen molar-refractivity contribution in [1.82, 2.24) is 24.6 Å². The minimum Gasteiger partial charge on any atom is -0.328 e. The molecule has 1 atom stereocenters. The van der Waals surface area contributed by atoms with Crippen LogP contribution in [0.3, 0.4) is 0 Å². The summed E-state index contributed by atoms with van der Waals surface area (Å²) in [4.78, 5) is 21.0. The largest absolute Gasteiger partial charge is 0.390 e. The van der Waals surface area contributed by atoms with Crippen LogP contribution in [0, 0.1) is 17.2 Å². The normalized spacial score (nSPS) is 17.4. The lowest BCUT2D eigenvalue weighted by atomic mass is 9.97. The molecule has 0 N–H and O–H groups in total. The van der Waals surface area contributed by atoms with Crippen LogP contribution in [0.1, 0.15) is 30.5 Å². The van der Waals surface area contributed by atoms with E-state index in [-0.39, 0.29) is 25.0 Å². The summed E-state index contributed by atoms with van der Waals surface area (Å²) in [6.45, 7) is 1.04. The van der Waals surface area contributed by atoms with Crippen LogP contribution in [0.2, 0.25) is 0 Å². The molecule has 0 radical (unpaired) electrons. The zero-order chi connectivity index (χ0) is 27.6. The number of amides is 1. The van der Waals surface area contributed by atoms with Crippen LogP contribution >= 0.6 is 0 Å². The Balaban J connectivity index is 1.44. The van der Waals surface area contributed by atoms with Gasteiger partial charge in [-0.3, -0.25) is 14.5 Å². The van der Waals surface area contributed by atoms with Gasteiger partial charge in [0.2, 0.25) is 5.91 Å². The smallest absolute Gasteiger partial charge is 0.328 e. The Bertz CT molecular complexity index is 1400. The number of halogens is 3. The van der Waals surface area contributed by atoms with Crippen molar-refractivity contribution in [3.63, 3.8) is 0 Å². The van der Waals surface area contributed by atoms with Crippen molar-refractivity contribution in [3.05, 3.63) is 72.2 Å². The standard InChI is InChI=1S/C29H29F3N6O/c1-36(15-11-29(30,31)32)14-3-6-26(39)37-18-25-27(22-9-12-34-13-10-22)28(23-5-2-4-20(16-23)17-33)35-38(25)19-24(37)21-7-8-21/h2-6,9-10,12-13,16,21,24H,7-8,11,14-15,18-19H2,1H3/b6-3+/t24-/m1/s1. The number of pyridine rings is 1. The molecule has 0 spiro atoms. The Morgan fingerprint density at radius 2 is 1.97 bits per heavy atom. The van der Waals surface area contributed by atoms with Crippen molar-refractivity contribution in [2.75, 3.05) is 20.1 Å². The number of nitrogens with zero attached hydrogens (tertiary/aromatic N) is 6. The third-order valence-electron chi connectivity index (χ3n) is 7.28. The average Bonchev–Trinajstić information content (AvgIpc) is 3.71. The Kier molecular flexibility index (Phi) is 7.53. The van der Waals surface area contributed by atoms with Gasteiger partial charge in [-0.2, -0.15) is 23.5 Å². The Morgan fingerprint density at radius 1 is 1.21 bits per heavy atom. The van der Waals surface area contributed by atoms with Gasteiger partial charge in [0, 0.05) is 42.7 Å².